The van der Waals surface area contributed by atoms with Crippen LogP contribution in [0.4, 0.5) is 0 Å². The minimum Gasteiger partial charge on any atom is -0.354 e. The third-order valence-electron chi connectivity index (χ3n) is 4.61. The first-order valence-electron chi connectivity index (χ1n) is 8.29. The third-order valence-corrected chi connectivity index (χ3v) is 4.61. The molecular weight excluding hydrogens is 310 g/mol. The fraction of sp³-hybridized carbons (Fsp3) is 0.611. The SMILES string of the molecule is CC(C)CNC(=O)C(C)N1C[C@@H](CN)[C@H](c2ccccc2)C1.Cl. The molecule has 3 atom stereocenters. The molecule has 0 radical (unpaired) electrons. The van der Waals surface area contributed by atoms with Gasteiger partial charge in [-0.3, -0.25) is 9.69 Å². The lowest BCUT2D eigenvalue weighted by molar-refractivity contribution is -0.125. The third kappa shape index (κ3) is 5.20. The van der Waals surface area contributed by atoms with Crippen LogP contribution in [0.3, 0.4) is 0 Å². The Morgan fingerprint density at radius 2 is 1.91 bits per heavy atom. The molecule has 1 aliphatic rings. The molecule has 23 heavy (non-hydrogen) atoms. The number of carbonyl (C=O) groups is 1. The van der Waals surface area contributed by atoms with Crippen molar-refractivity contribution in [2.24, 2.45) is 17.6 Å². The molecule has 4 nitrogen and oxygen atoms in total. The molecular formula is C18H30ClN3O. The van der Waals surface area contributed by atoms with Crippen LogP contribution in [-0.2, 0) is 4.79 Å². The van der Waals surface area contributed by atoms with Gasteiger partial charge in [-0.25, -0.2) is 0 Å². The molecule has 1 amide bonds. The minimum atomic E-state index is -0.0958. The molecule has 1 unspecified atom stereocenters. The summed E-state index contributed by atoms with van der Waals surface area (Å²) in [5.74, 6) is 1.44. The lowest BCUT2D eigenvalue weighted by atomic mass is 9.89. The fourth-order valence-corrected chi connectivity index (χ4v) is 3.16. The number of halogens is 1. The van der Waals surface area contributed by atoms with Gasteiger partial charge in [0.15, 0.2) is 0 Å². The van der Waals surface area contributed by atoms with E-state index in [0.29, 0.717) is 24.3 Å². The summed E-state index contributed by atoms with van der Waals surface area (Å²) >= 11 is 0. The number of nitrogens with two attached hydrogens (primary N) is 1. The monoisotopic (exact) mass is 339 g/mol. The van der Waals surface area contributed by atoms with Crippen molar-refractivity contribution in [1.82, 2.24) is 10.2 Å². The summed E-state index contributed by atoms with van der Waals surface area (Å²) in [6, 6.07) is 10.4. The quantitative estimate of drug-likeness (QED) is 0.835. The number of likely N-dealkylation sites (tertiary alicyclic amines) is 1. The Balaban J connectivity index is 0.00000264. The van der Waals surface area contributed by atoms with E-state index in [1.807, 2.05) is 13.0 Å². The van der Waals surface area contributed by atoms with Crippen LogP contribution in [0.1, 0.15) is 32.3 Å². The number of hydrogen-bond donors (Lipinski definition) is 2. The number of amides is 1. The molecule has 1 fully saturated rings. The van der Waals surface area contributed by atoms with E-state index in [4.69, 9.17) is 5.73 Å². The predicted octanol–water partition coefficient (Wildman–Crippen LogP) is 2.24. The van der Waals surface area contributed by atoms with Crippen molar-refractivity contribution in [2.75, 3.05) is 26.2 Å². The Kier molecular flexibility index (Phi) is 8.03. The van der Waals surface area contributed by atoms with Gasteiger partial charge in [0.2, 0.25) is 5.91 Å². The van der Waals surface area contributed by atoms with Gasteiger partial charge in [-0.05, 0) is 30.9 Å². The van der Waals surface area contributed by atoms with Gasteiger partial charge in [0.25, 0.3) is 0 Å². The summed E-state index contributed by atoms with van der Waals surface area (Å²) in [5, 5.41) is 3.03. The topological polar surface area (TPSA) is 58.4 Å². The first kappa shape index (κ1) is 19.9. The molecule has 1 aromatic rings. The van der Waals surface area contributed by atoms with Crippen LogP contribution in [0.25, 0.3) is 0 Å². The Morgan fingerprint density at radius 3 is 2.48 bits per heavy atom. The molecule has 1 saturated heterocycles. The first-order chi connectivity index (χ1) is 10.5. The summed E-state index contributed by atoms with van der Waals surface area (Å²) in [6.07, 6.45) is 0. The van der Waals surface area contributed by atoms with Crippen molar-refractivity contribution in [2.45, 2.75) is 32.7 Å². The van der Waals surface area contributed by atoms with Crippen molar-refractivity contribution in [3.8, 4) is 0 Å². The van der Waals surface area contributed by atoms with Crippen LogP contribution in [-0.4, -0.2) is 43.0 Å². The number of hydrogen-bond acceptors (Lipinski definition) is 3. The van der Waals surface area contributed by atoms with Crippen molar-refractivity contribution in [3.05, 3.63) is 35.9 Å². The standard InChI is InChI=1S/C18H29N3O.ClH/c1-13(2)10-20-18(22)14(3)21-11-16(9-19)17(12-21)15-7-5-4-6-8-15;/h4-8,13-14,16-17H,9-12,19H2,1-3H3,(H,20,22);1H/t14?,16-,17+;/m1./s1. The van der Waals surface area contributed by atoms with Crippen molar-refractivity contribution < 1.29 is 4.79 Å². The highest BCUT2D eigenvalue weighted by atomic mass is 35.5. The zero-order valence-electron chi connectivity index (χ0n) is 14.4. The Bertz CT molecular complexity index is 480. The van der Waals surface area contributed by atoms with Gasteiger partial charge in [0.1, 0.15) is 0 Å². The largest absolute Gasteiger partial charge is 0.354 e. The summed E-state index contributed by atoms with van der Waals surface area (Å²) < 4.78 is 0. The van der Waals surface area contributed by atoms with Crippen LogP contribution in [0.15, 0.2) is 30.3 Å². The van der Waals surface area contributed by atoms with Crippen LogP contribution in [0.2, 0.25) is 0 Å². The normalized spacial score (nSPS) is 22.7. The molecule has 1 aliphatic heterocycles. The maximum atomic E-state index is 12.3. The van der Waals surface area contributed by atoms with Gasteiger partial charge in [-0.2, -0.15) is 0 Å². The molecule has 1 heterocycles. The van der Waals surface area contributed by atoms with Crippen LogP contribution in [0.5, 0.6) is 0 Å². The molecule has 0 saturated carbocycles. The number of nitrogens with zero attached hydrogens (tertiary/aromatic N) is 1. The number of benzene rings is 1. The van der Waals surface area contributed by atoms with E-state index in [0.717, 1.165) is 19.6 Å². The van der Waals surface area contributed by atoms with Gasteiger partial charge in [-0.1, -0.05) is 44.2 Å². The molecule has 0 spiro atoms. The highest BCUT2D eigenvalue weighted by molar-refractivity contribution is 5.85. The minimum absolute atomic E-state index is 0. The average molecular weight is 340 g/mol. The Morgan fingerprint density at radius 1 is 1.26 bits per heavy atom. The average Bonchev–Trinajstić information content (AvgIpc) is 2.96. The molecule has 1 aromatic carbocycles. The van der Waals surface area contributed by atoms with Gasteiger partial charge >= 0.3 is 0 Å². The van der Waals surface area contributed by atoms with E-state index in [2.05, 4.69) is 48.3 Å². The van der Waals surface area contributed by atoms with E-state index < -0.39 is 0 Å². The van der Waals surface area contributed by atoms with Crippen LogP contribution in [0, 0.1) is 11.8 Å². The molecule has 2 rings (SSSR count). The fourth-order valence-electron chi connectivity index (χ4n) is 3.16. The van der Waals surface area contributed by atoms with Crippen molar-refractivity contribution in [3.63, 3.8) is 0 Å². The summed E-state index contributed by atoms with van der Waals surface area (Å²) in [4.78, 5) is 14.6. The first-order valence-corrected chi connectivity index (χ1v) is 8.29. The molecule has 0 aromatic heterocycles. The molecule has 0 bridgehead atoms. The molecule has 130 valence electrons. The van der Waals surface area contributed by atoms with Gasteiger partial charge in [-0.15, -0.1) is 12.4 Å². The highest BCUT2D eigenvalue weighted by Crippen LogP contribution is 2.33. The van der Waals surface area contributed by atoms with Gasteiger partial charge in [0.05, 0.1) is 6.04 Å². The molecule has 3 N–H and O–H groups in total. The number of carbonyl (C=O) groups excluding carboxylic acids is 1. The summed E-state index contributed by atoms with van der Waals surface area (Å²) in [5.41, 5.74) is 7.30. The smallest absolute Gasteiger partial charge is 0.237 e. The van der Waals surface area contributed by atoms with Crippen LogP contribution < -0.4 is 11.1 Å². The lowest BCUT2D eigenvalue weighted by Crippen LogP contribution is -2.45. The van der Waals surface area contributed by atoms with E-state index >= 15 is 0 Å². The second kappa shape index (κ2) is 9.26. The van der Waals surface area contributed by atoms with Gasteiger partial charge in [0, 0.05) is 25.6 Å². The molecule has 0 aliphatic carbocycles. The number of rotatable bonds is 6. The second-order valence-electron chi connectivity index (χ2n) is 6.78. The van der Waals surface area contributed by atoms with E-state index in [9.17, 15) is 4.79 Å². The van der Waals surface area contributed by atoms with E-state index in [-0.39, 0.29) is 24.4 Å². The zero-order valence-corrected chi connectivity index (χ0v) is 15.2. The lowest BCUT2D eigenvalue weighted by Gasteiger charge is -2.24. The maximum Gasteiger partial charge on any atom is 0.237 e. The summed E-state index contributed by atoms with van der Waals surface area (Å²) in [6.45, 7) is 9.41. The Labute approximate surface area is 146 Å². The van der Waals surface area contributed by atoms with Crippen LogP contribution >= 0.6 is 12.4 Å². The van der Waals surface area contributed by atoms with Gasteiger partial charge < -0.3 is 11.1 Å². The van der Waals surface area contributed by atoms with E-state index in [1.54, 1.807) is 0 Å². The van der Waals surface area contributed by atoms with E-state index in [1.165, 1.54) is 5.56 Å². The zero-order chi connectivity index (χ0) is 16.1. The summed E-state index contributed by atoms with van der Waals surface area (Å²) in [7, 11) is 0. The maximum absolute atomic E-state index is 12.3. The highest BCUT2D eigenvalue weighted by Gasteiger charge is 2.36. The predicted molar refractivity (Wildman–Crippen MR) is 97.9 cm³/mol. The van der Waals surface area contributed by atoms with Crippen molar-refractivity contribution in [1.29, 1.82) is 0 Å². The Hall–Kier alpha value is -1.10. The molecule has 5 heteroatoms. The van der Waals surface area contributed by atoms with Crippen molar-refractivity contribution >= 4 is 18.3 Å². The second-order valence-corrected chi connectivity index (χ2v) is 6.78. The number of nitrogens with one attached hydrogen (secondary N) is 1.